The molecule has 7 heavy (non-hydrogen) atoms. The lowest BCUT2D eigenvalue weighted by atomic mass is 10.9. The zero-order valence-electron chi connectivity index (χ0n) is 3.63. The molecule has 1 N–H and O–H groups in total. The van der Waals surface area contributed by atoms with Crippen LogP contribution in [-0.4, -0.2) is 5.97 Å². The molecule has 0 saturated carbocycles. The minimum absolute atomic E-state index is 0.677. The Morgan fingerprint density at radius 1 is 1.86 bits per heavy atom. The van der Waals surface area contributed by atoms with Gasteiger partial charge in [0.1, 0.15) is 0 Å². The summed E-state index contributed by atoms with van der Waals surface area (Å²) in [6, 6.07) is 0. The maximum absolute atomic E-state index is 9.68. The van der Waals surface area contributed by atoms with Gasteiger partial charge in [-0.05, 0) is 0 Å². The normalized spacial score (nSPS) is 8.29. The second-order valence-corrected chi connectivity index (χ2v) is 0.742. The summed E-state index contributed by atoms with van der Waals surface area (Å²) >= 11 is 0. The highest BCUT2D eigenvalue weighted by Crippen LogP contribution is 1.70. The molecule has 0 radical (unpaired) electrons. The predicted octanol–water partition coefficient (Wildman–Crippen LogP) is -0.516. The lowest BCUT2D eigenvalue weighted by Crippen LogP contribution is -2.08. The molecule has 0 aliphatic heterocycles. The van der Waals surface area contributed by atoms with Crippen LogP contribution >= 0.6 is 0 Å². The van der Waals surface area contributed by atoms with E-state index in [1.54, 1.807) is 0 Å². The van der Waals surface area contributed by atoms with E-state index in [2.05, 4.69) is 9.88 Å². The first-order valence-electron chi connectivity index (χ1n) is 1.48. The highest BCUT2D eigenvalue weighted by atomic mass is 17.3. The monoisotopic (exact) mass is 106 g/mol. The minimum atomic E-state index is -0.677. The molecule has 0 unspecified atom stereocenters. The van der Waals surface area contributed by atoms with Crippen molar-refractivity contribution in [1.29, 1.82) is 0 Å². The lowest BCUT2D eigenvalue weighted by molar-refractivity contribution is -0.297. The summed E-state index contributed by atoms with van der Waals surface area (Å²) in [6.45, 7) is 1.11. The molecular weight excluding hydrogens is 102 g/mol. The van der Waals surface area contributed by atoms with E-state index in [-0.39, 0.29) is 0 Å². The van der Waals surface area contributed by atoms with E-state index >= 15 is 0 Å². The standard InChI is InChI=1S/C2H4NO4/c1-2(4)6-7-3-5/h3H,1H3/q-1. The molecule has 0 aromatic rings. The van der Waals surface area contributed by atoms with Crippen molar-refractivity contribution in [2.75, 3.05) is 0 Å². The summed E-state index contributed by atoms with van der Waals surface area (Å²) in [5, 5.41) is 9.08. The third-order valence-electron chi connectivity index (χ3n) is 0.193. The van der Waals surface area contributed by atoms with Crippen molar-refractivity contribution in [2.24, 2.45) is 0 Å². The molecule has 0 fully saturated rings. The van der Waals surface area contributed by atoms with Crippen LogP contribution in [0.25, 0.3) is 0 Å². The van der Waals surface area contributed by atoms with Crippen LogP contribution in [0.15, 0.2) is 0 Å². The molecule has 5 nitrogen and oxygen atoms in total. The summed E-state index contributed by atoms with van der Waals surface area (Å²) in [4.78, 5) is 16.7. The second kappa shape index (κ2) is 3.54. The van der Waals surface area contributed by atoms with Crippen LogP contribution in [-0.2, 0) is 14.7 Å². The molecule has 0 heterocycles. The van der Waals surface area contributed by atoms with E-state index in [0.717, 1.165) is 12.6 Å². The van der Waals surface area contributed by atoms with Gasteiger partial charge in [0.25, 0.3) is 0 Å². The van der Waals surface area contributed by atoms with Gasteiger partial charge in [-0.15, -0.1) is 4.99 Å². The Bertz CT molecular complexity index is 62.7. The van der Waals surface area contributed by atoms with Crippen LogP contribution in [0.1, 0.15) is 6.92 Å². The van der Waals surface area contributed by atoms with Crippen molar-refractivity contribution in [2.45, 2.75) is 6.92 Å². The van der Waals surface area contributed by atoms with Crippen molar-refractivity contribution >= 4 is 5.97 Å². The highest BCUT2D eigenvalue weighted by molar-refractivity contribution is 5.65. The first-order valence-corrected chi connectivity index (χ1v) is 1.48. The molecule has 0 rings (SSSR count). The molecule has 5 heteroatoms. The minimum Gasteiger partial charge on any atom is -0.762 e. The number of rotatable bonds is 2. The quantitative estimate of drug-likeness (QED) is 0.379. The molecule has 0 aliphatic carbocycles. The third-order valence-corrected chi connectivity index (χ3v) is 0.193. The zero-order valence-corrected chi connectivity index (χ0v) is 3.63. The van der Waals surface area contributed by atoms with Crippen molar-refractivity contribution in [3.63, 3.8) is 0 Å². The largest absolute Gasteiger partial charge is 0.762 e. The number of hydrogen-bond acceptors (Lipinski definition) is 5. The van der Waals surface area contributed by atoms with Crippen LogP contribution in [0.3, 0.4) is 0 Å². The Hall–Kier alpha value is -0.650. The first-order chi connectivity index (χ1) is 3.27. The molecule has 0 saturated heterocycles. The number of carbonyl (C=O) groups is 1. The van der Waals surface area contributed by atoms with E-state index in [1.807, 2.05) is 0 Å². The molecule has 0 amide bonds. The summed E-state index contributed by atoms with van der Waals surface area (Å²) in [5.41, 5.74) is 0.906. The molecule has 0 aromatic carbocycles. The van der Waals surface area contributed by atoms with Gasteiger partial charge in [0.15, 0.2) is 0 Å². The van der Waals surface area contributed by atoms with Crippen molar-refractivity contribution < 1.29 is 14.7 Å². The summed E-state index contributed by atoms with van der Waals surface area (Å²) < 4.78 is 0. The van der Waals surface area contributed by atoms with Gasteiger partial charge in [-0.25, -0.2) is 10.4 Å². The second-order valence-electron chi connectivity index (χ2n) is 0.742. The van der Waals surface area contributed by atoms with Gasteiger partial charge in [-0.2, -0.15) is 0 Å². The molecule has 42 valence electrons. The Morgan fingerprint density at radius 2 is 2.43 bits per heavy atom. The maximum Gasteiger partial charge on any atom is 0.341 e. The average Bonchev–Trinajstić information content (AvgIpc) is 1.61. The molecule has 0 spiro atoms. The van der Waals surface area contributed by atoms with E-state index in [9.17, 15) is 4.79 Å². The predicted molar refractivity (Wildman–Crippen MR) is 19.4 cm³/mol. The smallest absolute Gasteiger partial charge is 0.341 e. The van der Waals surface area contributed by atoms with Crippen molar-refractivity contribution in [3.05, 3.63) is 5.21 Å². The van der Waals surface area contributed by atoms with Gasteiger partial charge in [0.05, 0.1) is 0 Å². The van der Waals surface area contributed by atoms with Crippen molar-refractivity contribution in [1.82, 2.24) is 5.64 Å². The van der Waals surface area contributed by atoms with E-state index in [1.165, 1.54) is 0 Å². The summed E-state index contributed by atoms with van der Waals surface area (Å²) in [6.07, 6.45) is 0. The Labute approximate surface area is 39.7 Å². The number of carbonyl (C=O) groups excluding carboxylic acids is 1. The summed E-state index contributed by atoms with van der Waals surface area (Å²) in [7, 11) is 0. The van der Waals surface area contributed by atoms with Crippen LogP contribution in [0.4, 0.5) is 0 Å². The lowest BCUT2D eigenvalue weighted by Gasteiger charge is -2.02. The van der Waals surface area contributed by atoms with Crippen LogP contribution in [0.5, 0.6) is 0 Å². The van der Waals surface area contributed by atoms with Crippen molar-refractivity contribution in [3.8, 4) is 0 Å². The summed E-state index contributed by atoms with van der Waals surface area (Å²) in [5.74, 6) is -0.677. The fourth-order valence-electron chi connectivity index (χ4n) is 0.0757. The zero-order chi connectivity index (χ0) is 5.70. The van der Waals surface area contributed by atoms with Gasteiger partial charge >= 0.3 is 5.97 Å². The number of nitrogens with one attached hydrogen (secondary N) is 1. The molecule has 0 atom stereocenters. The SMILES string of the molecule is CC(=O)OON[O-]. The fourth-order valence-corrected chi connectivity index (χ4v) is 0.0757. The van der Waals surface area contributed by atoms with Gasteiger partial charge in [0, 0.05) is 6.92 Å². The van der Waals surface area contributed by atoms with Crippen LogP contribution in [0, 0.1) is 5.21 Å². The first kappa shape index (κ1) is 6.35. The molecule has 0 aliphatic rings. The average molecular weight is 106 g/mol. The van der Waals surface area contributed by atoms with Gasteiger partial charge in [0.2, 0.25) is 0 Å². The number of hydrogen-bond donors (Lipinski definition) is 1. The van der Waals surface area contributed by atoms with E-state index in [0.29, 0.717) is 0 Å². The maximum atomic E-state index is 9.68. The van der Waals surface area contributed by atoms with Gasteiger partial charge in [-0.3, -0.25) is 4.89 Å². The van der Waals surface area contributed by atoms with Gasteiger partial charge in [-0.1, -0.05) is 0 Å². The highest BCUT2D eigenvalue weighted by Gasteiger charge is 1.85. The molecule has 0 bridgehead atoms. The molecular formula is C2H4NO4-. The Morgan fingerprint density at radius 3 is 2.57 bits per heavy atom. The molecule has 0 aromatic heterocycles. The van der Waals surface area contributed by atoms with Gasteiger partial charge < -0.3 is 5.21 Å². The Kier molecular flexibility index (Phi) is 3.21. The van der Waals surface area contributed by atoms with E-state index < -0.39 is 5.97 Å². The van der Waals surface area contributed by atoms with Crippen LogP contribution < -0.4 is 5.64 Å². The van der Waals surface area contributed by atoms with E-state index in [4.69, 9.17) is 5.21 Å². The third kappa shape index (κ3) is 5.35. The topological polar surface area (TPSA) is 70.6 Å². The van der Waals surface area contributed by atoms with Crippen LogP contribution in [0.2, 0.25) is 0 Å². The fraction of sp³-hybridized carbons (Fsp3) is 0.500. The Balaban J connectivity index is 2.82.